The Morgan fingerprint density at radius 2 is 1.47 bits per heavy atom. The maximum absolute atomic E-state index is 11.1. The van der Waals surface area contributed by atoms with E-state index >= 15 is 0 Å². The van der Waals surface area contributed by atoms with E-state index in [9.17, 15) is 14.4 Å². The molecule has 0 saturated heterocycles. The van der Waals surface area contributed by atoms with E-state index in [0.717, 1.165) is 12.2 Å². The van der Waals surface area contributed by atoms with Crippen LogP contribution in [0.3, 0.4) is 0 Å². The van der Waals surface area contributed by atoms with Crippen LogP contribution in [0, 0.1) is 0 Å². The molecule has 0 bridgehead atoms. The average molecular weight is 268 g/mol. The smallest absolute Gasteiger partial charge is 0.380 e. The highest BCUT2D eigenvalue weighted by Crippen LogP contribution is 2.12. The molecule has 0 saturated carbocycles. The van der Waals surface area contributed by atoms with Gasteiger partial charge in [0.1, 0.15) is 0 Å². The Morgan fingerprint density at radius 3 is 1.89 bits per heavy atom. The van der Waals surface area contributed by atoms with Crippen molar-refractivity contribution in [1.29, 1.82) is 0 Å². The van der Waals surface area contributed by atoms with E-state index in [2.05, 4.69) is 33.9 Å². The zero-order valence-electron chi connectivity index (χ0n) is 10.2. The van der Waals surface area contributed by atoms with Crippen LogP contribution < -0.4 is 0 Å². The molecule has 0 fully saturated rings. The summed E-state index contributed by atoms with van der Waals surface area (Å²) in [5, 5.41) is 8.79. The van der Waals surface area contributed by atoms with E-state index < -0.39 is 29.6 Å². The lowest BCUT2D eigenvalue weighted by Gasteiger charge is -2.10. The van der Waals surface area contributed by atoms with E-state index in [1.165, 1.54) is 6.92 Å². The van der Waals surface area contributed by atoms with Crippen molar-refractivity contribution in [3.63, 3.8) is 0 Å². The summed E-state index contributed by atoms with van der Waals surface area (Å²) in [6.45, 7) is 10.4. The second kappa shape index (κ2) is 7.49. The molecule has 0 rings (SSSR count). The molecule has 0 amide bonds. The number of aliphatic hydroxyl groups is 1. The third-order valence-corrected chi connectivity index (χ3v) is 1.49. The number of esters is 3. The van der Waals surface area contributed by atoms with Gasteiger partial charge >= 0.3 is 23.9 Å². The van der Waals surface area contributed by atoms with Gasteiger partial charge in [0.15, 0.2) is 11.5 Å². The molecule has 0 aromatic carbocycles. The summed E-state index contributed by atoms with van der Waals surface area (Å²) >= 11 is 0. The van der Waals surface area contributed by atoms with E-state index in [1.807, 2.05) is 0 Å². The summed E-state index contributed by atoms with van der Waals surface area (Å²) in [4.78, 5) is 33.1. The van der Waals surface area contributed by atoms with E-state index in [4.69, 9.17) is 5.11 Å². The normalized spacial score (nSPS) is 10.6. The predicted octanol–water partition coefficient (Wildman–Crippen LogP) is 1.25. The van der Waals surface area contributed by atoms with Gasteiger partial charge in [0, 0.05) is 19.1 Å². The summed E-state index contributed by atoms with van der Waals surface area (Å²) in [6.07, 6.45) is 1.65. The number of aliphatic hydroxyl groups excluding tert-OH is 1. The fourth-order valence-corrected chi connectivity index (χ4v) is 0.675. The Morgan fingerprint density at radius 1 is 1.00 bits per heavy atom. The van der Waals surface area contributed by atoms with Gasteiger partial charge in [0.2, 0.25) is 0 Å². The Balaban J connectivity index is 5.18. The van der Waals surface area contributed by atoms with Crippen molar-refractivity contribution < 1.29 is 33.7 Å². The molecule has 7 heteroatoms. The number of rotatable bonds is 6. The van der Waals surface area contributed by atoms with Crippen molar-refractivity contribution in [2.24, 2.45) is 0 Å². The standard InChI is InChI=1S/C12H12O7/c1-5-9(14)17-8(4)12(18-10(15)6-2)19-11(16)7(3)13/h5-6,13H,1-3H2,4H3/b12-8-. The Labute approximate surface area is 109 Å². The number of allylic oxidation sites excluding steroid dienone is 1. The number of carbonyl (C=O) groups is 3. The molecule has 0 atom stereocenters. The highest BCUT2D eigenvalue weighted by atomic mass is 16.7. The molecule has 0 aromatic rings. The molecule has 0 heterocycles. The highest BCUT2D eigenvalue weighted by Gasteiger charge is 2.19. The van der Waals surface area contributed by atoms with Gasteiger partial charge in [-0.05, 0) is 6.58 Å². The molecule has 102 valence electrons. The number of hydrogen-bond donors (Lipinski definition) is 1. The first-order valence-corrected chi connectivity index (χ1v) is 4.81. The number of carbonyl (C=O) groups excluding carboxylic acids is 3. The molecule has 0 aliphatic carbocycles. The van der Waals surface area contributed by atoms with Gasteiger partial charge in [-0.1, -0.05) is 13.2 Å². The zero-order valence-corrected chi connectivity index (χ0v) is 10.2. The predicted molar refractivity (Wildman–Crippen MR) is 63.1 cm³/mol. The molecule has 0 unspecified atom stereocenters. The first kappa shape index (κ1) is 16.2. The fourth-order valence-electron chi connectivity index (χ4n) is 0.675. The summed E-state index contributed by atoms with van der Waals surface area (Å²) in [6, 6.07) is 0. The van der Waals surface area contributed by atoms with Gasteiger partial charge in [-0.3, -0.25) is 0 Å². The Hall–Kier alpha value is -2.83. The van der Waals surface area contributed by atoms with Gasteiger partial charge in [0.25, 0.3) is 0 Å². The fraction of sp³-hybridized carbons (Fsp3) is 0.0833. The Bertz CT molecular complexity index is 470. The summed E-state index contributed by atoms with van der Waals surface area (Å²) in [7, 11) is 0. The van der Waals surface area contributed by atoms with Gasteiger partial charge in [-0.15, -0.1) is 0 Å². The van der Waals surface area contributed by atoms with E-state index in [1.54, 1.807) is 0 Å². The number of hydrogen-bond acceptors (Lipinski definition) is 7. The van der Waals surface area contributed by atoms with E-state index in [-0.39, 0.29) is 5.76 Å². The van der Waals surface area contributed by atoms with Crippen molar-refractivity contribution in [3.8, 4) is 0 Å². The van der Waals surface area contributed by atoms with Crippen LogP contribution in [0.1, 0.15) is 6.92 Å². The van der Waals surface area contributed by atoms with Crippen LogP contribution in [0.5, 0.6) is 0 Å². The lowest BCUT2D eigenvalue weighted by atomic mass is 10.5. The van der Waals surface area contributed by atoms with Crippen LogP contribution in [0.4, 0.5) is 0 Å². The van der Waals surface area contributed by atoms with Crippen molar-refractivity contribution >= 4 is 17.9 Å². The average Bonchev–Trinajstić information content (AvgIpc) is 2.36. The second-order valence-corrected chi connectivity index (χ2v) is 2.93. The maximum atomic E-state index is 11.1. The topological polar surface area (TPSA) is 99.1 Å². The van der Waals surface area contributed by atoms with Gasteiger partial charge in [0.05, 0.1) is 0 Å². The minimum atomic E-state index is -1.28. The van der Waals surface area contributed by atoms with E-state index in [0.29, 0.717) is 0 Å². The van der Waals surface area contributed by atoms with Crippen LogP contribution >= 0.6 is 0 Å². The SMILES string of the molecule is C=CC(=O)O/C(C)=C(/OC(=O)C=C)OC(=O)C(=C)O. The first-order chi connectivity index (χ1) is 8.81. The quantitative estimate of drug-likeness (QED) is 0.439. The minimum Gasteiger partial charge on any atom is -0.502 e. The van der Waals surface area contributed by atoms with Crippen molar-refractivity contribution in [2.45, 2.75) is 6.92 Å². The third kappa shape index (κ3) is 5.87. The van der Waals surface area contributed by atoms with Crippen molar-refractivity contribution in [1.82, 2.24) is 0 Å². The molecule has 0 spiro atoms. The van der Waals surface area contributed by atoms with Gasteiger partial charge in [-0.2, -0.15) is 0 Å². The molecular weight excluding hydrogens is 256 g/mol. The molecule has 0 aromatic heterocycles. The van der Waals surface area contributed by atoms with Crippen LogP contribution in [-0.4, -0.2) is 23.0 Å². The molecule has 7 nitrogen and oxygen atoms in total. The summed E-state index contributed by atoms with van der Waals surface area (Å²) < 4.78 is 13.6. The van der Waals surface area contributed by atoms with Gasteiger partial charge in [-0.25, -0.2) is 14.4 Å². The summed E-state index contributed by atoms with van der Waals surface area (Å²) in [5.74, 6) is -5.06. The monoisotopic (exact) mass is 268 g/mol. The van der Waals surface area contributed by atoms with Crippen molar-refractivity contribution in [2.75, 3.05) is 0 Å². The molecular formula is C12H12O7. The Kier molecular flexibility index (Phi) is 6.37. The third-order valence-electron chi connectivity index (χ3n) is 1.49. The molecule has 0 aliphatic heterocycles. The minimum absolute atomic E-state index is 0.324. The van der Waals surface area contributed by atoms with Crippen LogP contribution in [0.15, 0.2) is 49.4 Å². The second-order valence-electron chi connectivity index (χ2n) is 2.93. The molecule has 0 radical (unpaired) electrons. The lowest BCUT2D eigenvalue weighted by Crippen LogP contribution is -2.14. The molecule has 0 aliphatic rings. The highest BCUT2D eigenvalue weighted by molar-refractivity contribution is 5.87. The zero-order chi connectivity index (χ0) is 15.0. The largest absolute Gasteiger partial charge is 0.502 e. The van der Waals surface area contributed by atoms with Crippen LogP contribution in [-0.2, 0) is 28.6 Å². The molecule has 1 N–H and O–H groups in total. The van der Waals surface area contributed by atoms with Crippen LogP contribution in [0.2, 0.25) is 0 Å². The summed E-state index contributed by atoms with van der Waals surface area (Å²) in [5.41, 5.74) is 0. The number of ether oxygens (including phenoxy) is 3. The maximum Gasteiger partial charge on any atom is 0.380 e. The lowest BCUT2D eigenvalue weighted by molar-refractivity contribution is -0.153. The van der Waals surface area contributed by atoms with Gasteiger partial charge < -0.3 is 19.3 Å². The first-order valence-electron chi connectivity index (χ1n) is 4.81. The molecule has 19 heavy (non-hydrogen) atoms. The van der Waals surface area contributed by atoms with Crippen LogP contribution in [0.25, 0.3) is 0 Å². The van der Waals surface area contributed by atoms with Crippen molar-refractivity contribution in [3.05, 3.63) is 49.4 Å².